The van der Waals surface area contributed by atoms with Crippen LogP contribution in [-0.4, -0.2) is 17.8 Å². The number of halogens is 1. The van der Waals surface area contributed by atoms with Crippen LogP contribution >= 0.6 is 11.6 Å². The Hall–Kier alpha value is -0.730. The summed E-state index contributed by atoms with van der Waals surface area (Å²) >= 11 is 5.95. The molecule has 2 nitrogen and oxygen atoms in total. The minimum atomic E-state index is -0.710. The quantitative estimate of drug-likeness (QED) is 0.839. The average Bonchev–Trinajstić information content (AvgIpc) is 2.01. The van der Waals surface area contributed by atoms with E-state index in [1.165, 1.54) is 0 Å². The second kappa shape index (κ2) is 4.20. The molecule has 0 amide bonds. The molecule has 0 spiro atoms. The predicted molar refractivity (Wildman–Crippen MR) is 58.0 cm³/mol. The highest BCUT2D eigenvalue weighted by molar-refractivity contribution is 6.32. The summed E-state index contributed by atoms with van der Waals surface area (Å²) in [5.74, 6) is 0.658. The summed E-state index contributed by atoms with van der Waals surface area (Å²) in [6, 6.07) is 5.53. The molecule has 0 radical (unpaired) electrons. The molecule has 3 heteroatoms. The van der Waals surface area contributed by atoms with Crippen molar-refractivity contribution >= 4 is 11.6 Å². The van der Waals surface area contributed by atoms with Crippen molar-refractivity contribution in [2.45, 2.75) is 25.9 Å². The Labute approximate surface area is 89.5 Å². The van der Waals surface area contributed by atoms with Crippen LogP contribution in [-0.2, 0) is 6.42 Å². The van der Waals surface area contributed by atoms with Crippen LogP contribution in [0.3, 0.4) is 0 Å². The monoisotopic (exact) mass is 214 g/mol. The second-order valence-electron chi connectivity index (χ2n) is 3.96. The Kier molecular flexibility index (Phi) is 3.40. The summed E-state index contributed by atoms with van der Waals surface area (Å²) in [4.78, 5) is 0. The number of hydrogen-bond donors (Lipinski definition) is 1. The van der Waals surface area contributed by atoms with Crippen LogP contribution in [0.25, 0.3) is 0 Å². The van der Waals surface area contributed by atoms with E-state index in [9.17, 15) is 5.11 Å². The third kappa shape index (κ3) is 3.20. The lowest BCUT2D eigenvalue weighted by Crippen LogP contribution is -2.21. The van der Waals surface area contributed by atoms with E-state index in [-0.39, 0.29) is 0 Å². The van der Waals surface area contributed by atoms with Crippen molar-refractivity contribution in [3.8, 4) is 5.75 Å². The molecule has 1 rings (SSSR count). The molecule has 1 aromatic rings. The zero-order chi connectivity index (χ0) is 10.8. The van der Waals surface area contributed by atoms with Gasteiger partial charge >= 0.3 is 0 Å². The summed E-state index contributed by atoms with van der Waals surface area (Å²) in [5.41, 5.74) is 0.293. The summed E-state index contributed by atoms with van der Waals surface area (Å²) in [6.45, 7) is 3.54. The molecule has 0 fully saturated rings. The SMILES string of the molecule is COc1ccc(CC(C)(C)O)cc1Cl. The van der Waals surface area contributed by atoms with E-state index in [0.29, 0.717) is 17.2 Å². The van der Waals surface area contributed by atoms with Gasteiger partial charge in [0.15, 0.2) is 0 Å². The molecule has 0 aliphatic rings. The second-order valence-corrected chi connectivity index (χ2v) is 4.37. The highest BCUT2D eigenvalue weighted by atomic mass is 35.5. The molecule has 0 heterocycles. The van der Waals surface area contributed by atoms with Crippen molar-refractivity contribution in [3.63, 3.8) is 0 Å². The van der Waals surface area contributed by atoms with E-state index in [1.807, 2.05) is 18.2 Å². The molecule has 0 bridgehead atoms. The van der Waals surface area contributed by atoms with E-state index >= 15 is 0 Å². The normalized spacial score (nSPS) is 11.5. The Balaban J connectivity index is 2.87. The van der Waals surface area contributed by atoms with Gasteiger partial charge in [0.25, 0.3) is 0 Å². The van der Waals surface area contributed by atoms with Gasteiger partial charge in [0.1, 0.15) is 5.75 Å². The molecule has 1 aromatic carbocycles. The maximum Gasteiger partial charge on any atom is 0.137 e. The van der Waals surface area contributed by atoms with Gasteiger partial charge in [-0.05, 0) is 31.5 Å². The number of hydrogen-bond acceptors (Lipinski definition) is 2. The molecule has 0 aliphatic carbocycles. The van der Waals surface area contributed by atoms with Gasteiger partial charge in [0.2, 0.25) is 0 Å². The molecule has 0 aromatic heterocycles. The average molecular weight is 215 g/mol. The van der Waals surface area contributed by atoms with Crippen LogP contribution in [0.15, 0.2) is 18.2 Å². The number of ether oxygens (including phenoxy) is 1. The van der Waals surface area contributed by atoms with Crippen molar-refractivity contribution < 1.29 is 9.84 Å². The lowest BCUT2D eigenvalue weighted by molar-refractivity contribution is 0.0810. The predicted octanol–water partition coefficient (Wildman–Crippen LogP) is 2.66. The van der Waals surface area contributed by atoms with E-state index in [4.69, 9.17) is 16.3 Å². The maximum absolute atomic E-state index is 9.61. The lowest BCUT2D eigenvalue weighted by atomic mass is 9.99. The largest absolute Gasteiger partial charge is 0.495 e. The molecule has 0 atom stereocenters. The van der Waals surface area contributed by atoms with Gasteiger partial charge in [-0.2, -0.15) is 0 Å². The molecule has 0 saturated heterocycles. The van der Waals surface area contributed by atoms with Crippen LogP contribution < -0.4 is 4.74 Å². The van der Waals surface area contributed by atoms with Crippen molar-refractivity contribution in [2.24, 2.45) is 0 Å². The third-order valence-electron chi connectivity index (χ3n) is 1.85. The van der Waals surface area contributed by atoms with Crippen molar-refractivity contribution in [3.05, 3.63) is 28.8 Å². The van der Waals surface area contributed by atoms with E-state index < -0.39 is 5.60 Å². The standard InChI is InChI=1S/C11H15ClO2/c1-11(2,13)7-8-4-5-10(14-3)9(12)6-8/h4-6,13H,7H2,1-3H3. The Bertz CT molecular complexity index is 316. The summed E-state index contributed by atoms with van der Waals surface area (Å²) < 4.78 is 5.04. The first-order valence-corrected chi connectivity index (χ1v) is 4.85. The van der Waals surface area contributed by atoms with Gasteiger partial charge in [-0.1, -0.05) is 17.7 Å². The number of rotatable bonds is 3. The molecular formula is C11H15ClO2. The topological polar surface area (TPSA) is 29.5 Å². The van der Waals surface area contributed by atoms with E-state index in [2.05, 4.69) is 0 Å². The first-order chi connectivity index (χ1) is 6.42. The maximum atomic E-state index is 9.61. The lowest BCUT2D eigenvalue weighted by Gasteiger charge is -2.17. The van der Waals surface area contributed by atoms with Crippen LogP contribution in [0.2, 0.25) is 5.02 Å². The van der Waals surface area contributed by atoms with Crippen LogP contribution in [0.4, 0.5) is 0 Å². The third-order valence-corrected chi connectivity index (χ3v) is 2.15. The molecule has 14 heavy (non-hydrogen) atoms. The van der Waals surface area contributed by atoms with Crippen LogP contribution in [0.5, 0.6) is 5.75 Å². The van der Waals surface area contributed by atoms with E-state index in [1.54, 1.807) is 21.0 Å². The van der Waals surface area contributed by atoms with Gasteiger partial charge in [0, 0.05) is 6.42 Å². The first-order valence-electron chi connectivity index (χ1n) is 4.47. The minimum absolute atomic E-state index is 0.578. The molecule has 78 valence electrons. The Morgan fingerprint density at radius 2 is 2.07 bits per heavy atom. The zero-order valence-corrected chi connectivity index (χ0v) is 9.43. The number of aliphatic hydroxyl groups is 1. The van der Waals surface area contributed by atoms with Gasteiger partial charge in [-0.25, -0.2) is 0 Å². The fourth-order valence-electron chi connectivity index (χ4n) is 1.32. The Morgan fingerprint density at radius 3 is 2.50 bits per heavy atom. The molecule has 1 N–H and O–H groups in total. The Morgan fingerprint density at radius 1 is 1.43 bits per heavy atom. The van der Waals surface area contributed by atoms with Crippen molar-refractivity contribution in [1.29, 1.82) is 0 Å². The van der Waals surface area contributed by atoms with E-state index in [0.717, 1.165) is 5.56 Å². The summed E-state index contributed by atoms with van der Waals surface area (Å²) in [5, 5.41) is 10.2. The molecule has 0 aliphatic heterocycles. The minimum Gasteiger partial charge on any atom is -0.495 e. The number of methoxy groups -OCH3 is 1. The molecular weight excluding hydrogens is 200 g/mol. The van der Waals surface area contributed by atoms with Gasteiger partial charge in [0.05, 0.1) is 17.7 Å². The first kappa shape index (κ1) is 11.3. The van der Waals surface area contributed by atoms with Gasteiger partial charge in [-0.3, -0.25) is 0 Å². The molecule has 0 saturated carbocycles. The highest BCUT2D eigenvalue weighted by Crippen LogP contribution is 2.26. The van der Waals surface area contributed by atoms with Crippen LogP contribution in [0.1, 0.15) is 19.4 Å². The van der Waals surface area contributed by atoms with Crippen LogP contribution in [0, 0.1) is 0 Å². The summed E-state index contributed by atoms with van der Waals surface area (Å²) in [6.07, 6.45) is 0.580. The highest BCUT2D eigenvalue weighted by Gasteiger charge is 2.14. The van der Waals surface area contributed by atoms with Gasteiger partial charge < -0.3 is 9.84 Å². The van der Waals surface area contributed by atoms with Crippen molar-refractivity contribution in [1.82, 2.24) is 0 Å². The fraction of sp³-hybridized carbons (Fsp3) is 0.455. The van der Waals surface area contributed by atoms with Crippen molar-refractivity contribution in [2.75, 3.05) is 7.11 Å². The summed E-state index contributed by atoms with van der Waals surface area (Å²) in [7, 11) is 1.58. The fourth-order valence-corrected chi connectivity index (χ4v) is 1.60. The smallest absolute Gasteiger partial charge is 0.137 e. The van der Waals surface area contributed by atoms with Gasteiger partial charge in [-0.15, -0.1) is 0 Å². The zero-order valence-electron chi connectivity index (χ0n) is 8.67. The number of benzene rings is 1. The molecule has 0 unspecified atom stereocenters.